The number of rotatable bonds is 6. The van der Waals surface area contributed by atoms with Gasteiger partial charge in [-0.1, -0.05) is 54.0 Å². The van der Waals surface area contributed by atoms with Crippen LogP contribution in [0.2, 0.25) is 10.0 Å². The zero-order valence-corrected chi connectivity index (χ0v) is 18.8. The summed E-state index contributed by atoms with van der Waals surface area (Å²) >= 11 is 13.9. The van der Waals surface area contributed by atoms with Gasteiger partial charge in [0.25, 0.3) is 0 Å². The van der Waals surface area contributed by atoms with Crippen molar-refractivity contribution in [3.8, 4) is 17.1 Å². The van der Waals surface area contributed by atoms with Crippen LogP contribution >= 0.6 is 35.0 Å². The minimum absolute atomic E-state index is 0.127. The van der Waals surface area contributed by atoms with E-state index in [2.05, 4.69) is 25.3 Å². The van der Waals surface area contributed by atoms with Crippen LogP contribution in [0.25, 0.3) is 17.1 Å². The fourth-order valence-corrected chi connectivity index (χ4v) is 3.93. The Morgan fingerprint density at radius 1 is 1.07 bits per heavy atom. The molecule has 30 heavy (non-hydrogen) atoms. The van der Waals surface area contributed by atoms with E-state index < -0.39 is 0 Å². The van der Waals surface area contributed by atoms with Crippen LogP contribution in [0.1, 0.15) is 43.7 Å². The quantitative estimate of drug-likeness (QED) is 0.326. The van der Waals surface area contributed by atoms with Crippen molar-refractivity contribution in [3.63, 3.8) is 0 Å². The summed E-state index contributed by atoms with van der Waals surface area (Å²) in [6.07, 6.45) is 3.45. The maximum absolute atomic E-state index is 6.28. The molecule has 0 aliphatic rings. The van der Waals surface area contributed by atoms with Gasteiger partial charge in [0, 0.05) is 23.9 Å². The van der Waals surface area contributed by atoms with E-state index in [1.165, 1.54) is 11.8 Å². The molecule has 0 spiro atoms. The van der Waals surface area contributed by atoms with Crippen LogP contribution in [0, 0.1) is 0 Å². The Morgan fingerprint density at radius 2 is 1.90 bits per heavy atom. The maximum atomic E-state index is 6.28. The molecule has 0 saturated heterocycles. The first-order valence-corrected chi connectivity index (χ1v) is 10.9. The van der Waals surface area contributed by atoms with Gasteiger partial charge in [-0.05, 0) is 37.3 Å². The summed E-state index contributed by atoms with van der Waals surface area (Å²) in [7, 11) is 0. The van der Waals surface area contributed by atoms with E-state index in [1.54, 1.807) is 24.5 Å². The molecule has 3 aromatic heterocycles. The number of hydrogen-bond acceptors (Lipinski definition) is 7. The highest BCUT2D eigenvalue weighted by Crippen LogP contribution is 2.37. The molecule has 4 rings (SSSR count). The third-order valence-electron chi connectivity index (χ3n) is 4.32. The highest BCUT2D eigenvalue weighted by molar-refractivity contribution is 7.99. The van der Waals surface area contributed by atoms with Gasteiger partial charge in [0.05, 0.1) is 21.0 Å². The number of aromatic nitrogens is 6. The lowest BCUT2D eigenvalue weighted by molar-refractivity contribution is 0.373. The largest absolute Gasteiger partial charge is 0.338 e. The summed E-state index contributed by atoms with van der Waals surface area (Å²) in [6.45, 7) is 6.03. The van der Waals surface area contributed by atoms with Crippen molar-refractivity contribution in [1.82, 2.24) is 29.9 Å². The third kappa shape index (κ3) is 4.21. The average Bonchev–Trinajstić information content (AvgIpc) is 3.38. The Kier molecular flexibility index (Phi) is 6.08. The number of thioether (sulfide) groups is 1. The van der Waals surface area contributed by atoms with Crippen LogP contribution in [0.4, 0.5) is 0 Å². The van der Waals surface area contributed by atoms with Crippen molar-refractivity contribution in [2.75, 3.05) is 0 Å². The van der Waals surface area contributed by atoms with E-state index in [9.17, 15) is 0 Å². The molecule has 10 heteroatoms. The lowest BCUT2D eigenvalue weighted by atomic mass is 10.2. The maximum Gasteiger partial charge on any atom is 0.239 e. The van der Waals surface area contributed by atoms with Gasteiger partial charge in [0.2, 0.25) is 5.89 Å². The second-order valence-electron chi connectivity index (χ2n) is 6.89. The molecule has 0 radical (unpaired) electrons. The van der Waals surface area contributed by atoms with E-state index in [0.29, 0.717) is 32.7 Å². The van der Waals surface area contributed by atoms with Gasteiger partial charge in [0.1, 0.15) is 0 Å². The second kappa shape index (κ2) is 8.75. The first kappa shape index (κ1) is 20.8. The number of halogens is 2. The molecule has 1 atom stereocenters. The molecule has 0 aliphatic carbocycles. The molecule has 7 nitrogen and oxygen atoms in total. The predicted octanol–water partition coefficient (Wildman–Crippen LogP) is 6.00. The summed E-state index contributed by atoms with van der Waals surface area (Å²) in [5, 5.41) is 14.3. The smallest absolute Gasteiger partial charge is 0.239 e. The van der Waals surface area contributed by atoms with Gasteiger partial charge in [-0.15, -0.1) is 10.2 Å². The van der Waals surface area contributed by atoms with Crippen molar-refractivity contribution in [2.45, 2.75) is 37.1 Å². The van der Waals surface area contributed by atoms with Crippen LogP contribution < -0.4 is 0 Å². The Bertz CT molecular complexity index is 1160. The second-order valence-corrected chi connectivity index (χ2v) is 9.01. The van der Waals surface area contributed by atoms with Crippen molar-refractivity contribution < 1.29 is 4.52 Å². The van der Waals surface area contributed by atoms with Crippen LogP contribution in [-0.4, -0.2) is 29.9 Å². The fourth-order valence-electron chi connectivity index (χ4n) is 2.74. The number of nitrogens with zero attached hydrogens (tertiary/aromatic N) is 6. The molecular weight excluding hydrogens is 443 g/mol. The molecular formula is C20H18Cl2N6OS. The van der Waals surface area contributed by atoms with Gasteiger partial charge in [-0.25, -0.2) is 0 Å². The van der Waals surface area contributed by atoms with E-state index in [1.807, 2.05) is 43.5 Å². The standard InChI is InChI=1S/C20H18Cl2N6OS/c1-11(2)17-24-19(29-27-17)12(3)30-20-26-25-18(13-5-4-8-23-10-13)28(20)14-6-7-15(21)16(22)9-14/h4-12H,1-3H3. The Morgan fingerprint density at radius 3 is 2.57 bits per heavy atom. The van der Waals surface area contributed by atoms with Gasteiger partial charge in [0.15, 0.2) is 16.8 Å². The number of hydrogen-bond donors (Lipinski definition) is 0. The molecule has 0 aliphatic heterocycles. The lowest BCUT2D eigenvalue weighted by Crippen LogP contribution is -2.01. The Balaban J connectivity index is 1.75. The summed E-state index contributed by atoms with van der Waals surface area (Å²) in [5.41, 5.74) is 1.62. The zero-order chi connectivity index (χ0) is 21.3. The summed E-state index contributed by atoms with van der Waals surface area (Å²) in [6, 6.07) is 9.18. The topological polar surface area (TPSA) is 82.5 Å². The van der Waals surface area contributed by atoms with Gasteiger partial charge >= 0.3 is 0 Å². The molecule has 1 aromatic carbocycles. The molecule has 0 N–H and O–H groups in total. The van der Waals surface area contributed by atoms with Crippen molar-refractivity contribution >= 4 is 35.0 Å². The van der Waals surface area contributed by atoms with Crippen LogP contribution in [-0.2, 0) is 0 Å². The van der Waals surface area contributed by atoms with Crippen LogP contribution in [0.5, 0.6) is 0 Å². The highest BCUT2D eigenvalue weighted by atomic mass is 35.5. The molecule has 0 amide bonds. The highest BCUT2D eigenvalue weighted by Gasteiger charge is 2.23. The molecule has 0 fully saturated rings. The monoisotopic (exact) mass is 460 g/mol. The first-order valence-electron chi connectivity index (χ1n) is 9.25. The van der Waals surface area contributed by atoms with E-state index in [4.69, 9.17) is 27.7 Å². The van der Waals surface area contributed by atoms with E-state index in [0.717, 1.165) is 11.3 Å². The molecule has 0 saturated carbocycles. The predicted molar refractivity (Wildman–Crippen MR) is 117 cm³/mol. The normalized spacial score (nSPS) is 12.5. The minimum Gasteiger partial charge on any atom is -0.338 e. The minimum atomic E-state index is -0.127. The first-order chi connectivity index (χ1) is 14.4. The van der Waals surface area contributed by atoms with Crippen LogP contribution in [0.3, 0.4) is 0 Å². The Labute approximate surface area is 187 Å². The van der Waals surface area contributed by atoms with E-state index in [-0.39, 0.29) is 11.2 Å². The summed E-state index contributed by atoms with van der Waals surface area (Å²) in [4.78, 5) is 8.69. The molecule has 0 bridgehead atoms. The van der Waals surface area contributed by atoms with Gasteiger partial charge < -0.3 is 4.52 Å². The van der Waals surface area contributed by atoms with Crippen molar-refractivity contribution in [1.29, 1.82) is 0 Å². The molecule has 1 unspecified atom stereocenters. The zero-order valence-electron chi connectivity index (χ0n) is 16.5. The van der Waals surface area contributed by atoms with Gasteiger partial charge in [-0.3, -0.25) is 9.55 Å². The van der Waals surface area contributed by atoms with Crippen molar-refractivity contribution in [3.05, 3.63) is 64.5 Å². The van der Waals surface area contributed by atoms with E-state index >= 15 is 0 Å². The summed E-state index contributed by atoms with van der Waals surface area (Å²) < 4.78 is 7.36. The Hall–Kier alpha value is -2.42. The summed E-state index contributed by atoms with van der Waals surface area (Å²) in [5.74, 6) is 2.05. The van der Waals surface area contributed by atoms with Crippen LogP contribution in [0.15, 0.2) is 52.4 Å². The lowest BCUT2D eigenvalue weighted by Gasteiger charge is -2.12. The fraction of sp³-hybridized carbons (Fsp3) is 0.250. The number of pyridine rings is 1. The molecule has 154 valence electrons. The SMILES string of the molecule is CC(C)c1noc(C(C)Sc2nnc(-c3cccnc3)n2-c2ccc(Cl)c(Cl)c2)n1. The average molecular weight is 461 g/mol. The number of benzene rings is 1. The molecule has 3 heterocycles. The third-order valence-corrected chi connectivity index (χ3v) is 6.09. The molecule has 4 aromatic rings. The van der Waals surface area contributed by atoms with Crippen molar-refractivity contribution in [2.24, 2.45) is 0 Å². The van der Waals surface area contributed by atoms with Gasteiger partial charge in [-0.2, -0.15) is 4.98 Å².